The molecule has 2 heteroatoms. The van der Waals surface area contributed by atoms with Crippen molar-refractivity contribution in [2.24, 2.45) is 5.41 Å². The van der Waals surface area contributed by atoms with E-state index in [2.05, 4.69) is 197 Å². The number of allylic oxidation sites excluding steroid dienone is 5. The molecule has 0 radical (unpaired) electrons. The van der Waals surface area contributed by atoms with Gasteiger partial charge in [0, 0.05) is 62.1 Å². The van der Waals surface area contributed by atoms with Crippen LogP contribution in [0.15, 0.2) is 145 Å². The molecular weight excluding hydrogens is 629 g/mol. The van der Waals surface area contributed by atoms with Crippen LogP contribution in [-0.4, -0.2) is 4.57 Å². The van der Waals surface area contributed by atoms with Crippen molar-refractivity contribution < 1.29 is 0 Å². The number of rotatable bonds is 4. The van der Waals surface area contributed by atoms with Gasteiger partial charge in [-0.3, -0.25) is 0 Å². The van der Waals surface area contributed by atoms with Crippen LogP contribution in [0.25, 0.3) is 33.8 Å². The van der Waals surface area contributed by atoms with Crippen molar-refractivity contribution >= 4 is 28.4 Å². The van der Waals surface area contributed by atoms with Gasteiger partial charge in [-0.25, -0.2) is 0 Å². The minimum absolute atomic E-state index is 0.0258. The molecule has 3 atom stereocenters. The van der Waals surface area contributed by atoms with Gasteiger partial charge in [0.25, 0.3) is 0 Å². The molecule has 0 fully saturated rings. The van der Waals surface area contributed by atoms with Crippen LogP contribution in [-0.2, 0) is 10.8 Å². The summed E-state index contributed by atoms with van der Waals surface area (Å²) in [7, 11) is 0. The van der Waals surface area contributed by atoms with Gasteiger partial charge in [0.1, 0.15) is 0 Å². The SMILES string of the molecule is CC1CC(N(c2ccc3c(c2)C(C)(C)c2ccccc2-3)c2ccc3c(c2)C(C)(C)C2(C)C=CC=CC32)=Cc2c1n(-c1ccccc1)c1ccccc21. The zero-order chi connectivity index (χ0) is 35.6. The molecule has 3 unspecified atom stereocenters. The van der Waals surface area contributed by atoms with Gasteiger partial charge in [-0.15, -0.1) is 0 Å². The summed E-state index contributed by atoms with van der Waals surface area (Å²) in [6, 6.07) is 43.4. The van der Waals surface area contributed by atoms with Gasteiger partial charge < -0.3 is 9.47 Å². The zero-order valence-corrected chi connectivity index (χ0v) is 31.1. The average molecular weight is 675 g/mol. The first-order chi connectivity index (χ1) is 25.1. The van der Waals surface area contributed by atoms with Crippen LogP contribution in [0.3, 0.4) is 0 Å². The third-order valence-corrected chi connectivity index (χ3v) is 13.5. The van der Waals surface area contributed by atoms with Gasteiger partial charge in [0.05, 0.1) is 5.52 Å². The molecule has 0 saturated carbocycles. The second-order valence-electron chi connectivity index (χ2n) is 16.9. The van der Waals surface area contributed by atoms with E-state index in [4.69, 9.17) is 0 Å². The summed E-state index contributed by atoms with van der Waals surface area (Å²) in [6.07, 6.45) is 12.8. The van der Waals surface area contributed by atoms with Crippen LogP contribution in [0.2, 0.25) is 0 Å². The first-order valence-electron chi connectivity index (χ1n) is 19.0. The topological polar surface area (TPSA) is 8.17 Å². The van der Waals surface area contributed by atoms with Crippen LogP contribution in [0.1, 0.15) is 93.3 Å². The first-order valence-corrected chi connectivity index (χ1v) is 19.0. The molecular formula is C50H46N2. The minimum atomic E-state index is -0.0823. The number of aromatic nitrogens is 1. The van der Waals surface area contributed by atoms with Crippen LogP contribution >= 0.6 is 0 Å². The second kappa shape index (κ2) is 10.8. The molecule has 0 amide bonds. The van der Waals surface area contributed by atoms with E-state index in [1.54, 1.807) is 0 Å². The van der Waals surface area contributed by atoms with E-state index in [9.17, 15) is 0 Å². The lowest BCUT2D eigenvalue weighted by molar-refractivity contribution is 0.245. The van der Waals surface area contributed by atoms with E-state index >= 15 is 0 Å². The van der Waals surface area contributed by atoms with Crippen LogP contribution in [0, 0.1) is 5.41 Å². The largest absolute Gasteiger partial charge is 0.314 e. The monoisotopic (exact) mass is 674 g/mol. The predicted molar refractivity (Wildman–Crippen MR) is 219 cm³/mol. The maximum absolute atomic E-state index is 2.60. The fourth-order valence-electron chi connectivity index (χ4n) is 10.4. The van der Waals surface area contributed by atoms with Crippen molar-refractivity contribution in [2.75, 3.05) is 4.90 Å². The Hall–Kier alpha value is -5.34. The van der Waals surface area contributed by atoms with Gasteiger partial charge in [0.15, 0.2) is 0 Å². The quantitative estimate of drug-likeness (QED) is 0.181. The Morgan fingerprint density at radius 2 is 1.37 bits per heavy atom. The Bertz CT molecular complexity index is 2540. The maximum atomic E-state index is 2.60. The maximum Gasteiger partial charge on any atom is 0.0537 e. The average Bonchev–Trinajstić information content (AvgIpc) is 3.68. The highest BCUT2D eigenvalue weighted by molar-refractivity contribution is 5.95. The molecule has 2 nitrogen and oxygen atoms in total. The number of para-hydroxylation sites is 2. The number of hydrogen-bond acceptors (Lipinski definition) is 1. The molecule has 0 bridgehead atoms. The molecule has 1 heterocycles. The van der Waals surface area contributed by atoms with E-state index in [1.165, 1.54) is 78.3 Å². The highest BCUT2D eigenvalue weighted by Crippen LogP contribution is 2.62. The van der Waals surface area contributed by atoms with Crippen molar-refractivity contribution in [3.05, 3.63) is 179 Å². The summed E-state index contributed by atoms with van der Waals surface area (Å²) >= 11 is 0. The Labute approximate surface area is 308 Å². The number of benzene rings is 5. The summed E-state index contributed by atoms with van der Waals surface area (Å²) in [5.41, 5.74) is 17.4. The van der Waals surface area contributed by atoms with E-state index in [0.29, 0.717) is 11.8 Å². The van der Waals surface area contributed by atoms with Crippen molar-refractivity contribution in [2.45, 2.75) is 70.6 Å². The lowest BCUT2D eigenvalue weighted by Gasteiger charge is -2.41. The molecule has 5 aromatic carbocycles. The van der Waals surface area contributed by atoms with Crippen LogP contribution < -0.4 is 4.90 Å². The predicted octanol–water partition coefficient (Wildman–Crippen LogP) is 13.1. The summed E-state index contributed by atoms with van der Waals surface area (Å²) < 4.78 is 2.50. The van der Waals surface area contributed by atoms with Gasteiger partial charge >= 0.3 is 0 Å². The Morgan fingerprint density at radius 1 is 0.673 bits per heavy atom. The molecule has 4 aliphatic rings. The second-order valence-corrected chi connectivity index (χ2v) is 16.9. The number of hydrogen-bond donors (Lipinski definition) is 0. The third kappa shape index (κ3) is 4.12. The molecule has 256 valence electrons. The fraction of sp³-hybridized carbons (Fsp3) is 0.240. The molecule has 4 aliphatic carbocycles. The van der Waals surface area contributed by atoms with Crippen molar-refractivity contribution in [3.8, 4) is 16.8 Å². The van der Waals surface area contributed by atoms with Crippen molar-refractivity contribution in [1.82, 2.24) is 4.57 Å². The Kier molecular flexibility index (Phi) is 6.55. The molecule has 0 spiro atoms. The normalized spacial score (nSPS) is 22.7. The Balaban J connectivity index is 1.20. The Morgan fingerprint density at radius 3 is 2.19 bits per heavy atom. The molecule has 52 heavy (non-hydrogen) atoms. The summed E-state index contributed by atoms with van der Waals surface area (Å²) in [6.45, 7) is 14.5. The number of nitrogens with zero attached hydrogens (tertiary/aromatic N) is 2. The van der Waals surface area contributed by atoms with Gasteiger partial charge in [0.2, 0.25) is 0 Å². The van der Waals surface area contributed by atoms with Gasteiger partial charge in [-0.2, -0.15) is 0 Å². The highest BCUT2D eigenvalue weighted by Gasteiger charge is 2.53. The molecule has 1 aromatic heterocycles. The summed E-state index contributed by atoms with van der Waals surface area (Å²) in [5, 5.41) is 1.31. The van der Waals surface area contributed by atoms with Gasteiger partial charge in [-0.05, 0) is 93.8 Å². The number of fused-ring (bicyclic) bond motifs is 9. The van der Waals surface area contributed by atoms with E-state index in [-0.39, 0.29) is 16.2 Å². The third-order valence-electron chi connectivity index (χ3n) is 13.5. The van der Waals surface area contributed by atoms with Crippen LogP contribution in [0.4, 0.5) is 11.4 Å². The van der Waals surface area contributed by atoms with E-state index < -0.39 is 0 Å². The zero-order valence-electron chi connectivity index (χ0n) is 31.1. The molecule has 0 aliphatic heterocycles. The van der Waals surface area contributed by atoms with Gasteiger partial charge in [-0.1, -0.05) is 139 Å². The molecule has 0 N–H and O–H groups in total. The van der Waals surface area contributed by atoms with Crippen LogP contribution in [0.5, 0.6) is 0 Å². The lowest BCUT2D eigenvalue weighted by atomic mass is 9.62. The molecule has 0 saturated heterocycles. The first kappa shape index (κ1) is 31.4. The highest BCUT2D eigenvalue weighted by atomic mass is 15.2. The summed E-state index contributed by atoms with van der Waals surface area (Å²) in [4.78, 5) is 2.60. The van der Waals surface area contributed by atoms with Crippen molar-refractivity contribution in [3.63, 3.8) is 0 Å². The molecule has 6 aromatic rings. The lowest BCUT2D eigenvalue weighted by Crippen LogP contribution is -2.36. The molecule has 10 rings (SSSR count). The summed E-state index contributed by atoms with van der Waals surface area (Å²) in [5.74, 6) is 0.688. The van der Waals surface area contributed by atoms with E-state index in [1.807, 2.05) is 0 Å². The van der Waals surface area contributed by atoms with E-state index in [0.717, 1.165) is 6.42 Å². The fourth-order valence-corrected chi connectivity index (χ4v) is 10.4. The number of anilines is 2. The standard InChI is InChI=1S/C50H46N2/c1-32-28-36(29-41-39-19-11-13-22-46(39)52(47(32)41)33-16-8-7-9-17-33)51(34-23-25-38-37-18-10-12-20-42(37)48(2,3)44(38)30-34)35-24-26-40-43-21-14-15-27-50(43,6)49(4,5)45(40)31-35/h7-27,29-32,43H,28H2,1-6H3. The smallest absolute Gasteiger partial charge is 0.0537 e. The van der Waals surface area contributed by atoms with Crippen molar-refractivity contribution in [1.29, 1.82) is 0 Å². The minimum Gasteiger partial charge on any atom is -0.314 e.